The molecule has 0 aliphatic carbocycles. The van der Waals surface area contributed by atoms with E-state index in [-0.39, 0.29) is 5.56 Å². The minimum absolute atomic E-state index is 0.0515. The third kappa shape index (κ3) is 1.66. The second-order valence-corrected chi connectivity index (χ2v) is 2.39. The number of hydrogen-bond donors (Lipinski definition) is 0. The van der Waals surface area contributed by atoms with Crippen LogP contribution in [0, 0.1) is 11.6 Å². The largest absolute Gasteiger partial charge is 0.246 e. The first-order valence-electron chi connectivity index (χ1n) is 2.84. The van der Waals surface area contributed by atoms with E-state index in [1.807, 2.05) is 0 Å². The van der Waals surface area contributed by atoms with Gasteiger partial charge in [-0.1, -0.05) is 11.6 Å². The average Bonchev–Trinajstić information content (AvgIpc) is 1.99. The van der Waals surface area contributed by atoms with Gasteiger partial charge in [0.25, 0.3) is 0 Å². The molecule has 0 aromatic heterocycles. The molecule has 0 bridgehead atoms. The van der Waals surface area contributed by atoms with Crippen molar-refractivity contribution >= 4 is 11.6 Å². The molecule has 0 aliphatic heterocycles. The first-order chi connectivity index (χ1) is 5.15. The Balaban J connectivity index is 3.21. The van der Waals surface area contributed by atoms with Crippen LogP contribution >= 0.6 is 11.6 Å². The van der Waals surface area contributed by atoms with Crippen molar-refractivity contribution < 1.29 is 13.2 Å². The summed E-state index contributed by atoms with van der Waals surface area (Å²) in [6.45, 7) is -0.898. The Labute approximate surface area is 66.6 Å². The van der Waals surface area contributed by atoms with Crippen molar-refractivity contribution in [2.75, 3.05) is 0 Å². The highest BCUT2D eigenvalue weighted by Crippen LogP contribution is 2.20. The summed E-state index contributed by atoms with van der Waals surface area (Å²) in [5.74, 6) is -1.86. The van der Waals surface area contributed by atoms with Crippen LogP contribution in [0.3, 0.4) is 0 Å². The van der Waals surface area contributed by atoms with Crippen molar-refractivity contribution in [1.82, 2.24) is 0 Å². The van der Waals surface area contributed by atoms with Gasteiger partial charge in [-0.05, 0) is 17.7 Å². The summed E-state index contributed by atoms with van der Waals surface area (Å²) in [5, 5.41) is -0.595. The standard InChI is InChI=1S/C7H4ClF3/c8-7-5(10)1-4(3-9)2-6(7)11/h1-2H,3H2. The number of alkyl halides is 1. The van der Waals surface area contributed by atoms with Crippen molar-refractivity contribution in [2.24, 2.45) is 0 Å². The predicted octanol–water partition coefficient (Wildman–Crippen LogP) is 3.09. The van der Waals surface area contributed by atoms with E-state index in [1.54, 1.807) is 0 Å². The Hall–Kier alpha value is -0.700. The van der Waals surface area contributed by atoms with Gasteiger partial charge in [0.05, 0.1) is 0 Å². The maximum absolute atomic E-state index is 12.5. The molecule has 0 saturated heterocycles. The van der Waals surface area contributed by atoms with Crippen molar-refractivity contribution in [2.45, 2.75) is 6.67 Å². The van der Waals surface area contributed by atoms with Gasteiger partial charge >= 0.3 is 0 Å². The van der Waals surface area contributed by atoms with Gasteiger partial charge in [0.2, 0.25) is 0 Å². The van der Waals surface area contributed by atoms with Crippen LogP contribution in [0.5, 0.6) is 0 Å². The van der Waals surface area contributed by atoms with E-state index in [4.69, 9.17) is 11.6 Å². The van der Waals surface area contributed by atoms with Gasteiger partial charge in [0.15, 0.2) is 0 Å². The van der Waals surface area contributed by atoms with Crippen LogP contribution in [0.1, 0.15) is 5.56 Å². The van der Waals surface area contributed by atoms with Crippen LogP contribution in [0.15, 0.2) is 12.1 Å². The Kier molecular flexibility index (Phi) is 2.39. The van der Waals surface area contributed by atoms with E-state index in [1.165, 1.54) is 0 Å². The number of halogens is 4. The lowest BCUT2D eigenvalue weighted by atomic mass is 10.2. The average molecular weight is 181 g/mol. The maximum Gasteiger partial charge on any atom is 0.145 e. The van der Waals surface area contributed by atoms with Gasteiger partial charge in [0, 0.05) is 0 Å². The molecule has 0 aliphatic rings. The monoisotopic (exact) mass is 180 g/mol. The molecule has 0 fully saturated rings. The molecule has 0 unspecified atom stereocenters. The summed E-state index contributed by atoms with van der Waals surface area (Å²) in [5.41, 5.74) is -0.0515. The molecule has 11 heavy (non-hydrogen) atoms. The SMILES string of the molecule is FCc1cc(F)c(Cl)c(F)c1. The molecule has 0 radical (unpaired) electrons. The minimum Gasteiger partial charge on any atom is -0.246 e. The summed E-state index contributed by atoms with van der Waals surface area (Å²) >= 11 is 5.13. The molecule has 0 spiro atoms. The van der Waals surface area contributed by atoms with Crippen LogP contribution in [-0.2, 0) is 6.67 Å². The molecule has 4 heteroatoms. The smallest absolute Gasteiger partial charge is 0.145 e. The van der Waals surface area contributed by atoms with Gasteiger partial charge < -0.3 is 0 Å². The lowest BCUT2D eigenvalue weighted by molar-refractivity contribution is 0.478. The fraction of sp³-hybridized carbons (Fsp3) is 0.143. The first kappa shape index (κ1) is 8.40. The van der Waals surface area contributed by atoms with Crippen molar-refractivity contribution in [3.63, 3.8) is 0 Å². The lowest BCUT2D eigenvalue weighted by Crippen LogP contribution is -1.87. The third-order valence-corrected chi connectivity index (χ3v) is 1.56. The predicted molar refractivity (Wildman–Crippen MR) is 36.2 cm³/mol. The van der Waals surface area contributed by atoms with E-state index in [0.29, 0.717) is 0 Å². The molecule has 1 rings (SSSR count). The summed E-state index contributed by atoms with van der Waals surface area (Å²) in [6.07, 6.45) is 0. The minimum atomic E-state index is -0.931. The first-order valence-corrected chi connectivity index (χ1v) is 3.22. The number of benzene rings is 1. The van der Waals surface area contributed by atoms with Gasteiger partial charge in [-0.2, -0.15) is 0 Å². The summed E-state index contributed by atoms with van der Waals surface area (Å²) in [4.78, 5) is 0. The fourth-order valence-corrected chi connectivity index (χ4v) is 0.794. The Morgan fingerprint density at radius 2 is 1.64 bits per heavy atom. The highest BCUT2D eigenvalue weighted by Gasteiger charge is 2.07. The number of rotatable bonds is 1. The van der Waals surface area contributed by atoms with Crippen LogP contribution in [0.25, 0.3) is 0 Å². The summed E-state index contributed by atoms with van der Waals surface area (Å²) in [7, 11) is 0. The van der Waals surface area contributed by atoms with Crippen molar-refractivity contribution in [3.8, 4) is 0 Å². The van der Waals surface area contributed by atoms with E-state index in [9.17, 15) is 13.2 Å². The quantitative estimate of drug-likeness (QED) is 0.583. The zero-order valence-corrected chi connectivity index (χ0v) is 6.13. The molecular formula is C7H4ClF3. The second kappa shape index (κ2) is 3.13. The Bertz CT molecular complexity index is 249. The molecule has 1 aromatic carbocycles. The molecule has 0 amide bonds. The summed E-state index contributed by atoms with van der Waals surface area (Å²) in [6, 6.07) is 1.73. The van der Waals surface area contributed by atoms with Gasteiger partial charge in [-0.15, -0.1) is 0 Å². The zero-order valence-electron chi connectivity index (χ0n) is 5.37. The van der Waals surface area contributed by atoms with Crippen LogP contribution < -0.4 is 0 Å². The highest BCUT2D eigenvalue weighted by molar-refractivity contribution is 6.30. The highest BCUT2D eigenvalue weighted by atomic mass is 35.5. The van der Waals surface area contributed by atoms with E-state index in [2.05, 4.69) is 0 Å². The fourth-order valence-electron chi connectivity index (χ4n) is 0.685. The molecule has 0 saturated carbocycles. The Morgan fingerprint density at radius 3 is 2.00 bits per heavy atom. The van der Waals surface area contributed by atoms with Crippen LogP contribution in [0.4, 0.5) is 13.2 Å². The zero-order chi connectivity index (χ0) is 8.43. The molecule has 0 N–H and O–H groups in total. The maximum atomic E-state index is 12.5. The van der Waals surface area contributed by atoms with E-state index < -0.39 is 23.3 Å². The van der Waals surface area contributed by atoms with Crippen molar-refractivity contribution in [3.05, 3.63) is 34.4 Å². The van der Waals surface area contributed by atoms with Gasteiger partial charge in [-0.3, -0.25) is 0 Å². The third-order valence-electron chi connectivity index (χ3n) is 1.20. The normalized spacial score (nSPS) is 10.2. The van der Waals surface area contributed by atoms with Gasteiger partial charge in [-0.25, -0.2) is 13.2 Å². The van der Waals surface area contributed by atoms with E-state index in [0.717, 1.165) is 12.1 Å². The summed E-state index contributed by atoms with van der Waals surface area (Å²) < 4.78 is 36.8. The molecule has 1 aromatic rings. The number of hydrogen-bond acceptors (Lipinski definition) is 0. The van der Waals surface area contributed by atoms with Gasteiger partial charge in [0.1, 0.15) is 23.3 Å². The molecule has 0 heterocycles. The lowest BCUT2D eigenvalue weighted by Gasteiger charge is -1.98. The molecule has 60 valence electrons. The molecule has 0 atom stereocenters. The van der Waals surface area contributed by atoms with Crippen LogP contribution in [0.2, 0.25) is 5.02 Å². The van der Waals surface area contributed by atoms with Crippen molar-refractivity contribution in [1.29, 1.82) is 0 Å². The second-order valence-electron chi connectivity index (χ2n) is 2.01. The topological polar surface area (TPSA) is 0 Å². The van der Waals surface area contributed by atoms with E-state index >= 15 is 0 Å². The Morgan fingerprint density at radius 1 is 1.18 bits per heavy atom. The van der Waals surface area contributed by atoms with Crippen LogP contribution in [-0.4, -0.2) is 0 Å². The molecular weight excluding hydrogens is 177 g/mol. The molecule has 0 nitrogen and oxygen atoms in total.